The van der Waals surface area contributed by atoms with E-state index in [2.05, 4.69) is 86.0 Å². The number of benzene rings is 1. The van der Waals surface area contributed by atoms with Crippen molar-refractivity contribution >= 4 is 6.08 Å². The summed E-state index contributed by atoms with van der Waals surface area (Å²) in [6.45, 7) is 22.3. The summed E-state index contributed by atoms with van der Waals surface area (Å²) in [5.41, 5.74) is 5.06. The van der Waals surface area contributed by atoms with Crippen molar-refractivity contribution in [1.82, 2.24) is 9.80 Å². The first-order valence-corrected chi connectivity index (χ1v) is 11.7. The molecule has 0 atom stereocenters. The molecule has 0 radical (unpaired) electrons. The number of hydrogen-bond acceptors (Lipinski definition) is 2. The van der Waals surface area contributed by atoms with Crippen molar-refractivity contribution in [1.29, 1.82) is 0 Å². The minimum atomic E-state index is 0.875. The molecule has 0 spiro atoms. The Morgan fingerprint density at radius 3 is 2.10 bits per heavy atom. The normalized spacial score (nSPS) is 11.5. The van der Waals surface area contributed by atoms with Crippen molar-refractivity contribution in [3.05, 3.63) is 89.6 Å². The molecule has 0 aromatic heterocycles. The molecule has 0 saturated carbocycles. The van der Waals surface area contributed by atoms with Crippen LogP contribution in [0.4, 0.5) is 0 Å². The summed E-state index contributed by atoms with van der Waals surface area (Å²) in [6, 6.07) is 6.76. The molecule has 0 aliphatic heterocycles. The van der Waals surface area contributed by atoms with Gasteiger partial charge in [0.1, 0.15) is 0 Å². The van der Waals surface area contributed by atoms with Gasteiger partial charge in [-0.3, -0.25) is 4.90 Å². The van der Waals surface area contributed by atoms with Crippen LogP contribution in [0.3, 0.4) is 0 Å². The summed E-state index contributed by atoms with van der Waals surface area (Å²) in [6.07, 6.45) is 16.6. The van der Waals surface area contributed by atoms with Gasteiger partial charge in [-0.05, 0) is 57.1 Å². The predicted octanol–water partition coefficient (Wildman–Crippen LogP) is 7.69. The molecule has 1 aromatic rings. The van der Waals surface area contributed by atoms with Crippen LogP contribution >= 0.6 is 0 Å². The molecule has 174 valence electrons. The maximum absolute atomic E-state index is 4.22. The van der Waals surface area contributed by atoms with E-state index >= 15 is 0 Å². The van der Waals surface area contributed by atoms with Gasteiger partial charge in [0.15, 0.2) is 0 Å². The number of rotatable bonds is 11. The number of likely N-dealkylation sites (N-methyl/N-ethyl adjacent to an activating group) is 1. The quantitative estimate of drug-likeness (QED) is 0.336. The van der Waals surface area contributed by atoms with E-state index in [1.807, 2.05) is 59.8 Å². The molecule has 0 saturated heterocycles. The third kappa shape index (κ3) is 16.2. The van der Waals surface area contributed by atoms with Gasteiger partial charge in [0.25, 0.3) is 0 Å². The average Bonchev–Trinajstić information content (AvgIpc) is 2.77. The molecule has 0 unspecified atom stereocenters. The van der Waals surface area contributed by atoms with Crippen LogP contribution in [0.5, 0.6) is 0 Å². The molecule has 0 heterocycles. The smallest absolute Gasteiger partial charge is 0.0238 e. The van der Waals surface area contributed by atoms with Crippen molar-refractivity contribution in [2.75, 3.05) is 33.7 Å². The summed E-state index contributed by atoms with van der Waals surface area (Å²) in [4.78, 5) is 4.69. The zero-order chi connectivity index (χ0) is 24.1. The van der Waals surface area contributed by atoms with E-state index in [1.165, 1.54) is 16.7 Å². The maximum Gasteiger partial charge on any atom is 0.0238 e. The van der Waals surface area contributed by atoms with E-state index in [1.54, 1.807) is 0 Å². The summed E-state index contributed by atoms with van der Waals surface area (Å²) in [5, 5.41) is 0. The maximum atomic E-state index is 4.22. The second-order valence-corrected chi connectivity index (χ2v) is 7.13. The van der Waals surface area contributed by atoms with Gasteiger partial charge < -0.3 is 4.90 Å². The fraction of sp³-hybridized carbons (Fsp3) is 0.448. The highest BCUT2D eigenvalue weighted by atomic mass is 15.2. The molecule has 0 aliphatic rings. The van der Waals surface area contributed by atoms with E-state index in [9.17, 15) is 0 Å². The van der Waals surface area contributed by atoms with Crippen LogP contribution in [-0.4, -0.2) is 43.5 Å². The molecule has 1 aromatic carbocycles. The van der Waals surface area contributed by atoms with Gasteiger partial charge in [-0.25, -0.2) is 0 Å². The zero-order valence-electron chi connectivity index (χ0n) is 21.8. The molecule has 2 heteroatoms. The molecule has 0 fully saturated rings. The van der Waals surface area contributed by atoms with Crippen molar-refractivity contribution in [2.45, 2.75) is 55.0 Å². The van der Waals surface area contributed by atoms with Crippen molar-refractivity contribution in [3.8, 4) is 0 Å². The van der Waals surface area contributed by atoms with Crippen LogP contribution in [0.15, 0.2) is 72.9 Å². The molecule has 0 N–H and O–H groups in total. The molecule has 0 aliphatic carbocycles. The van der Waals surface area contributed by atoms with Gasteiger partial charge in [-0.15, -0.1) is 0 Å². The molecular formula is C29H48N2. The molecule has 2 nitrogen and oxygen atoms in total. The molecule has 0 amide bonds. The number of hydrogen-bond donors (Lipinski definition) is 0. The predicted molar refractivity (Wildman–Crippen MR) is 145 cm³/mol. The highest BCUT2D eigenvalue weighted by Gasteiger charge is 2.08. The number of allylic oxidation sites excluding steroid dienone is 6. The lowest BCUT2D eigenvalue weighted by Crippen LogP contribution is -2.32. The van der Waals surface area contributed by atoms with Gasteiger partial charge in [-0.2, -0.15) is 0 Å². The third-order valence-electron chi connectivity index (χ3n) is 4.25. The van der Waals surface area contributed by atoms with E-state index in [0.29, 0.717) is 0 Å². The summed E-state index contributed by atoms with van der Waals surface area (Å²) < 4.78 is 0. The Hall–Kier alpha value is -2.16. The second-order valence-electron chi connectivity index (χ2n) is 7.13. The molecule has 31 heavy (non-hydrogen) atoms. The Balaban J connectivity index is 0. The fourth-order valence-corrected chi connectivity index (χ4v) is 2.69. The lowest BCUT2D eigenvalue weighted by Gasteiger charge is -2.25. The number of aryl methyl sites for hydroxylation is 1. The average molecular weight is 425 g/mol. The minimum Gasteiger partial charge on any atom is -0.308 e. The topological polar surface area (TPSA) is 6.48 Å². The summed E-state index contributed by atoms with van der Waals surface area (Å²) >= 11 is 0. The first-order valence-electron chi connectivity index (χ1n) is 11.7. The summed E-state index contributed by atoms with van der Waals surface area (Å²) in [5.74, 6) is 0. The van der Waals surface area contributed by atoms with Gasteiger partial charge >= 0.3 is 0 Å². The molecule has 1 rings (SSSR count). The first kappa shape index (κ1) is 31.0. The van der Waals surface area contributed by atoms with Crippen LogP contribution in [0, 0.1) is 6.92 Å². The fourth-order valence-electron chi connectivity index (χ4n) is 2.69. The minimum absolute atomic E-state index is 0.875. The van der Waals surface area contributed by atoms with Gasteiger partial charge in [0, 0.05) is 26.2 Å². The van der Waals surface area contributed by atoms with Crippen LogP contribution in [0.1, 0.15) is 58.2 Å². The lowest BCUT2D eigenvalue weighted by atomic mass is 10.0. The van der Waals surface area contributed by atoms with Crippen LogP contribution in [0.2, 0.25) is 0 Å². The van der Waals surface area contributed by atoms with Crippen LogP contribution < -0.4 is 0 Å². The third-order valence-corrected chi connectivity index (χ3v) is 4.25. The Morgan fingerprint density at radius 2 is 1.52 bits per heavy atom. The largest absolute Gasteiger partial charge is 0.308 e. The lowest BCUT2D eigenvalue weighted by molar-refractivity contribution is 0.251. The van der Waals surface area contributed by atoms with Gasteiger partial charge in [0.05, 0.1) is 0 Å². The van der Waals surface area contributed by atoms with E-state index in [4.69, 9.17) is 0 Å². The highest BCUT2D eigenvalue weighted by molar-refractivity contribution is 5.56. The molecule has 0 bridgehead atoms. The number of nitrogens with zero attached hydrogens (tertiary/aromatic N) is 2. The van der Waals surface area contributed by atoms with Crippen molar-refractivity contribution in [3.63, 3.8) is 0 Å². The Kier molecular flexibility index (Phi) is 21.1. The Morgan fingerprint density at radius 1 is 0.903 bits per heavy atom. The second kappa shape index (κ2) is 21.1. The van der Waals surface area contributed by atoms with E-state index in [0.717, 1.165) is 31.8 Å². The monoisotopic (exact) mass is 424 g/mol. The SMILES string of the molecule is C=C(/C=C\C=C/C)CN(CCN(C)C)Cc1ccc(C)c(/C=C\C=C/C)c1.CC.CC. The molecular weight excluding hydrogens is 376 g/mol. The first-order chi connectivity index (χ1) is 15.0. The van der Waals surface area contributed by atoms with Crippen molar-refractivity contribution in [2.24, 2.45) is 0 Å². The Labute approximate surface area is 194 Å². The van der Waals surface area contributed by atoms with E-state index < -0.39 is 0 Å². The zero-order valence-corrected chi connectivity index (χ0v) is 21.8. The van der Waals surface area contributed by atoms with E-state index in [-0.39, 0.29) is 0 Å². The highest BCUT2D eigenvalue weighted by Crippen LogP contribution is 2.16. The van der Waals surface area contributed by atoms with Crippen LogP contribution in [-0.2, 0) is 6.54 Å². The Bertz CT molecular complexity index is 691. The van der Waals surface area contributed by atoms with Crippen LogP contribution in [0.25, 0.3) is 6.08 Å². The van der Waals surface area contributed by atoms with Gasteiger partial charge in [0.2, 0.25) is 0 Å². The summed E-state index contributed by atoms with van der Waals surface area (Å²) in [7, 11) is 4.24. The standard InChI is InChI=1S/C25H36N2.2C2H6/c1-7-9-11-13-22(3)20-27(18-17-26(5)6)21-24-16-15-23(4)25(19-24)14-12-10-8-2;2*1-2/h7-16,19H,3,17-18,20-21H2,1-2,4-6H3;2*1-2H3/b9-7-,10-8-,13-11-,14-12-;;. The van der Waals surface area contributed by atoms with Gasteiger partial charge in [-0.1, -0.05) is 101 Å². The van der Waals surface area contributed by atoms with Crippen molar-refractivity contribution < 1.29 is 0 Å².